The van der Waals surface area contributed by atoms with Crippen molar-refractivity contribution in [3.63, 3.8) is 0 Å². The summed E-state index contributed by atoms with van der Waals surface area (Å²) in [6, 6.07) is 9.89. The fourth-order valence-corrected chi connectivity index (χ4v) is 5.63. The molecule has 4 rings (SSSR count). The van der Waals surface area contributed by atoms with Crippen LogP contribution in [-0.4, -0.2) is 39.6 Å². The first-order valence-corrected chi connectivity index (χ1v) is 9.74. The highest BCUT2D eigenvalue weighted by Crippen LogP contribution is 2.42. The van der Waals surface area contributed by atoms with Gasteiger partial charge in [-0.1, -0.05) is 30.3 Å². The summed E-state index contributed by atoms with van der Waals surface area (Å²) in [5.41, 5.74) is 0.894. The maximum Gasteiger partial charge on any atom is 0.236 e. The van der Waals surface area contributed by atoms with Crippen LogP contribution in [0.1, 0.15) is 37.3 Å². The molecular weight excluding hydrogens is 324 g/mol. The Labute approximate surface area is 141 Å². The molecule has 7 heteroatoms. The standard InChI is InChI=1S/C17H20N4O2S/c22-24(23,9-8-14-4-2-1-3-5-14)21-15-6-7-16(21)11-17(10-15)20-13-18-12-19-20/h1-5,8-9,12-13,15-17H,6-7,10-11H2/b9-8+. The summed E-state index contributed by atoms with van der Waals surface area (Å²) in [7, 11) is -3.40. The largest absolute Gasteiger partial charge is 0.250 e. The van der Waals surface area contributed by atoms with Crippen LogP contribution in [0.25, 0.3) is 6.08 Å². The number of hydrogen-bond donors (Lipinski definition) is 0. The van der Waals surface area contributed by atoms with Gasteiger partial charge in [0, 0.05) is 17.5 Å². The quantitative estimate of drug-likeness (QED) is 0.854. The van der Waals surface area contributed by atoms with E-state index in [-0.39, 0.29) is 18.1 Å². The molecule has 0 radical (unpaired) electrons. The average molecular weight is 344 g/mol. The van der Waals surface area contributed by atoms with Gasteiger partial charge in [0.1, 0.15) is 12.7 Å². The lowest BCUT2D eigenvalue weighted by Gasteiger charge is -2.37. The third kappa shape index (κ3) is 2.89. The molecule has 126 valence electrons. The molecule has 2 saturated heterocycles. The smallest absolute Gasteiger partial charge is 0.236 e. The van der Waals surface area contributed by atoms with Gasteiger partial charge < -0.3 is 0 Å². The molecule has 2 aromatic rings. The second-order valence-electron chi connectivity index (χ2n) is 6.47. The fourth-order valence-electron chi connectivity index (χ4n) is 3.94. The number of nitrogens with zero attached hydrogens (tertiary/aromatic N) is 4. The summed E-state index contributed by atoms with van der Waals surface area (Å²) in [4.78, 5) is 4.01. The Hall–Kier alpha value is -1.99. The lowest BCUT2D eigenvalue weighted by atomic mass is 10.0. The van der Waals surface area contributed by atoms with Gasteiger partial charge in [-0.3, -0.25) is 0 Å². The predicted molar refractivity (Wildman–Crippen MR) is 91.3 cm³/mol. The van der Waals surface area contributed by atoms with Crippen LogP contribution < -0.4 is 0 Å². The molecule has 0 aliphatic carbocycles. The lowest BCUT2D eigenvalue weighted by molar-refractivity contribution is 0.186. The number of aromatic nitrogens is 3. The molecule has 1 aromatic heterocycles. The normalized spacial score (nSPS) is 27.8. The molecule has 24 heavy (non-hydrogen) atoms. The van der Waals surface area contributed by atoms with Gasteiger partial charge in [0.25, 0.3) is 0 Å². The van der Waals surface area contributed by atoms with E-state index in [0.29, 0.717) is 0 Å². The van der Waals surface area contributed by atoms with Gasteiger partial charge in [0.05, 0.1) is 6.04 Å². The van der Waals surface area contributed by atoms with E-state index >= 15 is 0 Å². The van der Waals surface area contributed by atoms with Gasteiger partial charge in [-0.05, 0) is 37.3 Å². The molecular formula is C17H20N4O2S. The van der Waals surface area contributed by atoms with Crippen molar-refractivity contribution in [3.05, 3.63) is 54.0 Å². The van der Waals surface area contributed by atoms with Crippen molar-refractivity contribution in [2.24, 2.45) is 0 Å². The van der Waals surface area contributed by atoms with Gasteiger partial charge in [0.15, 0.2) is 0 Å². The number of hydrogen-bond acceptors (Lipinski definition) is 4. The van der Waals surface area contributed by atoms with Crippen molar-refractivity contribution < 1.29 is 8.42 Å². The Morgan fingerprint density at radius 2 is 1.75 bits per heavy atom. The predicted octanol–water partition coefficient (Wildman–Crippen LogP) is 2.45. The highest BCUT2D eigenvalue weighted by Gasteiger charge is 2.46. The molecule has 2 fully saturated rings. The van der Waals surface area contributed by atoms with Crippen molar-refractivity contribution in [3.8, 4) is 0 Å². The van der Waals surface area contributed by atoms with E-state index in [0.717, 1.165) is 31.2 Å². The van der Waals surface area contributed by atoms with Crippen molar-refractivity contribution in [2.45, 2.75) is 43.8 Å². The summed E-state index contributed by atoms with van der Waals surface area (Å²) in [6.07, 6.45) is 8.40. The lowest BCUT2D eigenvalue weighted by Crippen LogP contribution is -2.46. The summed E-state index contributed by atoms with van der Waals surface area (Å²) in [6.45, 7) is 0. The van der Waals surface area contributed by atoms with E-state index < -0.39 is 10.0 Å². The second kappa shape index (κ2) is 6.14. The number of sulfonamides is 1. The monoisotopic (exact) mass is 344 g/mol. The Balaban J connectivity index is 1.53. The maximum absolute atomic E-state index is 12.8. The number of piperidine rings is 1. The third-order valence-electron chi connectivity index (χ3n) is 4.98. The summed E-state index contributed by atoms with van der Waals surface area (Å²) >= 11 is 0. The van der Waals surface area contributed by atoms with Gasteiger partial charge in [0.2, 0.25) is 10.0 Å². The van der Waals surface area contributed by atoms with E-state index in [1.165, 1.54) is 11.7 Å². The minimum atomic E-state index is -3.40. The number of rotatable bonds is 4. The molecule has 2 aliphatic heterocycles. The molecule has 2 aliphatic rings. The Bertz CT molecular complexity index is 804. The third-order valence-corrected chi connectivity index (χ3v) is 6.64. The minimum Gasteiger partial charge on any atom is -0.250 e. The number of fused-ring (bicyclic) bond motifs is 2. The van der Waals surface area contributed by atoms with Crippen molar-refractivity contribution >= 4 is 16.1 Å². The van der Waals surface area contributed by atoms with Gasteiger partial charge in [-0.2, -0.15) is 9.40 Å². The van der Waals surface area contributed by atoms with E-state index in [1.54, 1.807) is 16.7 Å². The van der Waals surface area contributed by atoms with Crippen LogP contribution >= 0.6 is 0 Å². The van der Waals surface area contributed by atoms with E-state index in [4.69, 9.17) is 0 Å². The molecule has 1 aromatic carbocycles. The molecule has 0 saturated carbocycles. The van der Waals surface area contributed by atoms with Crippen LogP contribution in [0, 0.1) is 0 Å². The van der Waals surface area contributed by atoms with Crippen molar-refractivity contribution in [1.82, 2.24) is 19.1 Å². The van der Waals surface area contributed by atoms with Crippen LogP contribution in [0.5, 0.6) is 0 Å². The first kappa shape index (κ1) is 15.5. The Kier molecular flexibility index (Phi) is 3.97. The zero-order valence-corrected chi connectivity index (χ0v) is 14.1. The molecule has 0 spiro atoms. The van der Waals surface area contributed by atoms with Gasteiger partial charge in [-0.25, -0.2) is 18.1 Å². The molecule has 3 heterocycles. The number of benzene rings is 1. The molecule has 0 N–H and O–H groups in total. The molecule has 2 bridgehead atoms. The molecule has 2 atom stereocenters. The van der Waals surface area contributed by atoms with Crippen LogP contribution in [0.2, 0.25) is 0 Å². The first-order valence-electron chi connectivity index (χ1n) is 8.24. The fraction of sp³-hybridized carbons (Fsp3) is 0.412. The van der Waals surface area contributed by atoms with Gasteiger partial charge >= 0.3 is 0 Å². The van der Waals surface area contributed by atoms with E-state index in [9.17, 15) is 8.42 Å². The summed E-state index contributed by atoms with van der Waals surface area (Å²) < 4.78 is 29.2. The highest BCUT2D eigenvalue weighted by atomic mass is 32.2. The van der Waals surface area contributed by atoms with Crippen LogP contribution in [-0.2, 0) is 10.0 Å². The Morgan fingerprint density at radius 3 is 2.38 bits per heavy atom. The molecule has 0 amide bonds. The average Bonchev–Trinajstić information content (AvgIpc) is 3.21. The molecule has 6 nitrogen and oxygen atoms in total. The van der Waals surface area contributed by atoms with E-state index in [1.807, 2.05) is 35.0 Å². The second-order valence-corrected chi connectivity index (χ2v) is 8.20. The zero-order chi connectivity index (χ0) is 16.6. The Morgan fingerprint density at radius 1 is 1.04 bits per heavy atom. The first-order chi connectivity index (χ1) is 11.6. The van der Waals surface area contributed by atoms with Crippen LogP contribution in [0.3, 0.4) is 0 Å². The van der Waals surface area contributed by atoms with Crippen molar-refractivity contribution in [2.75, 3.05) is 0 Å². The van der Waals surface area contributed by atoms with E-state index in [2.05, 4.69) is 10.1 Å². The highest BCUT2D eigenvalue weighted by molar-refractivity contribution is 7.92. The maximum atomic E-state index is 12.8. The summed E-state index contributed by atoms with van der Waals surface area (Å²) in [5, 5.41) is 5.57. The zero-order valence-electron chi connectivity index (χ0n) is 13.3. The topological polar surface area (TPSA) is 68.1 Å². The van der Waals surface area contributed by atoms with Crippen LogP contribution in [0.15, 0.2) is 48.4 Å². The molecule has 2 unspecified atom stereocenters. The summed E-state index contributed by atoms with van der Waals surface area (Å²) in [5.74, 6) is 0. The SMILES string of the molecule is O=S(=O)(/C=C/c1ccccc1)N1C2CCC1CC(n1cncn1)C2. The van der Waals surface area contributed by atoms with Gasteiger partial charge in [-0.15, -0.1) is 0 Å². The van der Waals surface area contributed by atoms with Crippen LogP contribution in [0.4, 0.5) is 0 Å². The minimum absolute atomic E-state index is 0.0587. The van der Waals surface area contributed by atoms with Crippen molar-refractivity contribution in [1.29, 1.82) is 0 Å².